The van der Waals surface area contributed by atoms with Crippen molar-refractivity contribution in [3.63, 3.8) is 0 Å². The van der Waals surface area contributed by atoms with E-state index in [4.69, 9.17) is 14.2 Å². The van der Waals surface area contributed by atoms with Crippen LogP contribution in [0.4, 0.5) is 0 Å². The van der Waals surface area contributed by atoms with Gasteiger partial charge >= 0.3 is 5.97 Å². The number of nitrogens with one attached hydrogen (secondary N) is 1. The highest BCUT2D eigenvalue weighted by atomic mass is 16.7. The molecule has 3 rings (SSSR count). The summed E-state index contributed by atoms with van der Waals surface area (Å²) in [6.45, 7) is 6.16. The lowest BCUT2D eigenvalue weighted by atomic mass is 9.85. The first-order chi connectivity index (χ1) is 14.0. The zero-order valence-electron chi connectivity index (χ0n) is 17.0. The van der Waals surface area contributed by atoms with Gasteiger partial charge in [-0.25, -0.2) is 0 Å². The highest BCUT2D eigenvalue weighted by molar-refractivity contribution is 5.85. The maximum atomic E-state index is 12.8. The molecule has 6 heteroatoms. The molecule has 1 amide bonds. The van der Waals surface area contributed by atoms with Gasteiger partial charge in [-0.2, -0.15) is 0 Å². The van der Waals surface area contributed by atoms with E-state index in [0.717, 1.165) is 17.5 Å². The summed E-state index contributed by atoms with van der Waals surface area (Å²) in [5.74, 6) is 0.345. The van der Waals surface area contributed by atoms with E-state index in [1.54, 1.807) is 6.92 Å². The molecule has 0 aromatic heterocycles. The lowest BCUT2D eigenvalue weighted by molar-refractivity contribution is -0.157. The Morgan fingerprint density at radius 1 is 1.07 bits per heavy atom. The number of carbonyl (C=O) groups is 2. The second kappa shape index (κ2) is 9.45. The number of carbonyl (C=O) groups excluding carboxylic acids is 2. The van der Waals surface area contributed by atoms with Crippen LogP contribution in [0.25, 0.3) is 0 Å². The van der Waals surface area contributed by atoms with Gasteiger partial charge in [0, 0.05) is 6.54 Å². The Morgan fingerprint density at radius 2 is 1.79 bits per heavy atom. The van der Waals surface area contributed by atoms with Crippen LogP contribution in [0.5, 0.6) is 11.5 Å². The molecule has 1 N–H and O–H groups in total. The first kappa shape index (κ1) is 20.7. The third-order valence-corrected chi connectivity index (χ3v) is 5.19. The van der Waals surface area contributed by atoms with Crippen molar-refractivity contribution in [2.24, 2.45) is 5.92 Å². The maximum absolute atomic E-state index is 12.8. The summed E-state index contributed by atoms with van der Waals surface area (Å²) < 4.78 is 16.1. The number of ether oxygens (including phenoxy) is 3. The number of hydrogen-bond acceptors (Lipinski definition) is 5. The maximum Gasteiger partial charge on any atom is 0.314 e. The number of hydrogen-bond donors (Lipinski definition) is 1. The molecule has 6 nitrogen and oxygen atoms in total. The quantitative estimate of drug-likeness (QED) is 0.686. The molecule has 1 aliphatic heterocycles. The molecular formula is C23H27NO5. The highest BCUT2D eigenvalue weighted by Gasteiger charge is 2.30. The number of fused-ring (bicyclic) bond motifs is 1. The Kier molecular flexibility index (Phi) is 6.75. The van der Waals surface area contributed by atoms with Crippen LogP contribution in [-0.2, 0) is 20.9 Å². The van der Waals surface area contributed by atoms with Gasteiger partial charge in [-0.05, 0) is 36.1 Å². The van der Waals surface area contributed by atoms with Crippen molar-refractivity contribution in [3.8, 4) is 11.5 Å². The summed E-state index contributed by atoms with van der Waals surface area (Å²) in [6, 6.07) is 15.1. The Bertz CT molecular complexity index is 852. The second-order valence-corrected chi connectivity index (χ2v) is 7.26. The third kappa shape index (κ3) is 5.08. The van der Waals surface area contributed by atoms with Gasteiger partial charge in [0.2, 0.25) is 6.79 Å². The van der Waals surface area contributed by atoms with Crippen molar-refractivity contribution in [1.82, 2.24) is 5.32 Å². The highest BCUT2D eigenvalue weighted by Crippen LogP contribution is 2.32. The molecule has 0 unspecified atom stereocenters. The molecular weight excluding hydrogens is 370 g/mol. The van der Waals surface area contributed by atoms with Crippen LogP contribution in [0.15, 0.2) is 48.5 Å². The average Bonchev–Trinajstić information content (AvgIpc) is 3.20. The van der Waals surface area contributed by atoms with Crippen molar-refractivity contribution in [1.29, 1.82) is 0 Å². The normalized spacial score (nSPS) is 15.3. The Labute approximate surface area is 171 Å². The number of benzene rings is 2. The van der Waals surface area contributed by atoms with Crippen LogP contribution >= 0.6 is 0 Å². The molecule has 0 saturated carbocycles. The van der Waals surface area contributed by atoms with Crippen LogP contribution in [-0.4, -0.2) is 24.8 Å². The minimum atomic E-state index is -0.883. The van der Waals surface area contributed by atoms with E-state index >= 15 is 0 Å². The molecule has 1 heterocycles. The van der Waals surface area contributed by atoms with Crippen LogP contribution in [0.1, 0.15) is 44.2 Å². The molecule has 0 bridgehead atoms. The van der Waals surface area contributed by atoms with Crippen LogP contribution in [0.2, 0.25) is 0 Å². The molecule has 29 heavy (non-hydrogen) atoms. The van der Waals surface area contributed by atoms with E-state index in [0.29, 0.717) is 18.0 Å². The summed E-state index contributed by atoms with van der Waals surface area (Å²) in [5, 5.41) is 2.80. The predicted octanol–water partition coefficient (Wildman–Crippen LogP) is 3.79. The van der Waals surface area contributed by atoms with E-state index in [-0.39, 0.29) is 24.6 Å². The Balaban J connectivity index is 1.58. The standard InChI is InChI=1S/C23H27NO5/c1-4-15(2)21(18-8-6-5-7-9-18)23(26)29-16(3)22(25)24-13-17-10-11-19-20(12-17)28-14-27-19/h5-12,15-16,21H,4,13-14H2,1-3H3,(H,24,25)/t15-,16+,21-/m1/s1. The van der Waals surface area contributed by atoms with Gasteiger partial charge in [0.1, 0.15) is 0 Å². The fourth-order valence-electron chi connectivity index (χ4n) is 3.28. The summed E-state index contributed by atoms with van der Waals surface area (Å²) >= 11 is 0. The van der Waals surface area contributed by atoms with Gasteiger partial charge in [0.05, 0.1) is 5.92 Å². The first-order valence-electron chi connectivity index (χ1n) is 9.91. The van der Waals surface area contributed by atoms with Crippen molar-refractivity contribution in [3.05, 3.63) is 59.7 Å². The van der Waals surface area contributed by atoms with E-state index < -0.39 is 12.0 Å². The fourth-order valence-corrected chi connectivity index (χ4v) is 3.28. The van der Waals surface area contributed by atoms with Gasteiger partial charge in [-0.3, -0.25) is 9.59 Å². The first-order valence-corrected chi connectivity index (χ1v) is 9.91. The van der Waals surface area contributed by atoms with Gasteiger partial charge < -0.3 is 19.5 Å². The average molecular weight is 397 g/mol. The van der Waals surface area contributed by atoms with Crippen molar-refractivity contribution >= 4 is 11.9 Å². The third-order valence-electron chi connectivity index (χ3n) is 5.19. The van der Waals surface area contributed by atoms with Crippen molar-refractivity contribution in [2.75, 3.05) is 6.79 Å². The fraction of sp³-hybridized carbons (Fsp3) is 0.391. The topological polar surface area (TPSA) is 73.9 Å². The van der Waals surface area contributed by atoms with Gasteiger partial charge in [-0.15, -0.1) is 0 Å². The Hall–Kier alpha value is -3.02. The molecule has 154 valence electrons. The summed E-state index contributed by atoms with van der Waals surface area (Å²) in [4.78, 5) is 25.3. The number of amides is 1. The number of rotatable bonds is 8. The number of esters is 1. The van der Waals surface area contributed by atoms with E-state index in [1.807, 2.05) is 62.4 Å². The molecule has 2 aromatic carbocycles. The molecule has 0 fully saturated rings. The molecule has 3 atom stereocenters. The van der Waals surface area contributed by atoms with E-state index in [9.17, 15) is 9.59 Å². The van der Waals surface area contributed by atoms with Crippen molar-refractivity contribution < 1.29 is 23.8 Å². The van der Waals surface area contributed by atoms with Crippen LogP contribution in [0, 0.1) is 5.92 Å². The minimum absolute atomic E-state index is 0.105. The van der Waals surface area contributed by atoms with Gasteiger partial charge in [0.15, 0.2) is 17.6 Å². The monoisotopic (exact) mass is 397 g/mol. The predicted molar refractivity (Wildman–Crippen MR) is 109 cm³/mol. The van der Waals surface area contributed by atoms with Crippen molar-refractivity contribution in [2.45, 2.75) is 45.8 Å². The smallest absolute Gasteiger partial charge is 0.314 e. The summed E-state index contributed by atoms with van der Waals surface area (Å²) in [5.41, 5.74) is 1.78. The van der Waals surface area contributed by atoms with Crippen LogP contribution < -0.4 is 14.8 Å². The molecule has 0 spiro atoms. The lowest BCUT2D eigenvalue weighted by Crippen LogP contribution is -2.37. The largest absolute Gasteiger partial charge is 0.454 e. The molecule has 1 aliphatic rings. The molecule has 0 radical (unpaired) electrons. The summed E-state index contributed by atoms with van der Waals surface area (Å²) in [6.07, 6.45) is -0.0499. The summed E-state index contributed by atoms with van der Waals surface area (Å²) in [7, 11) is 0. The molecule has 2 aromatic rings. The van der Waals surface area contributed by atoms with E-state index in [1.165, 1.54) is 0 Å². The Morgan fingerprint density at radius 3 is 2.52 bits per heavy atom. The van der Waals surface area contributed by atoms with Gasteiger partial charge in [0.25, 0.3) is 5.91 Å². The molecule has 0 aliphatic carbocycles. The van der Waals surface area contributed by atoms with Gasteiger partial charge in [-0.1, -0.05) is 56.7 Å². The SMILES string of the molecule is CC[C@@H](C)[C@@H](C(=O)O[C@@H](C)C(=O)NCc1ccc2c(c1)OCO2)c1ccccc1. The lowest BCUT2D eigenvalue weighted by Gasteiger charge is -2.24. The van der Waals surface area contributed by atoms with Crippen LogP contribution in [0.3, 0.4) is 0 Å². The van der Waals surface area contributed by atoms with E-state index in [2.05, 4.69) is 5.32 Å². The molecule has 0 saturated heterocycles. The zero-order chi connectivity index (χ0) is 20.8. The zero-order valence-corrected chi connectivity index (χ0v) is 17.0. The minimum Gasteiger partial charge on any atom is -0.454 e. The second-order valence-electron chi connectivity index (χ2n) is 7.26.